The van der Waals surface area contributed by atoms with Gasteiger partial charge in [-0.1, -0.05) is 18.3 Å². The topological polar surface area (TPSA) is 50.7 Å². The molecule has 19 heavy (non-hydrogen) atoms. The van der Waals surface area contributed by atoms with Crippen LogP contribution in [0.5, 0.6) is 0 Å². The van der Waals surface area contributed by atoms with E-state index < -0.39 is 11.6 Å². The monoisotopic (exact) mass is 302 g/mol. The summed E-state index contributed by atoms with van der Waals surface area (Å²) >= 11 is 2.38. The summed E-state index contributed by atoms with van der Waals surface area (Å²) in [6, 6.07) is 0.835. The van der Waals surface area contributed by atoms with Crippen LogP contribution in [0.3, 0.4) is 0 Å². The van der Waals surface area contributed by atoms with E-state index >= 15 is 0 Å². The van der Waals surface area contributed by atoms with Gasteiger partial charge in [0.25, 0.3) is 0 Å². The summed E-state index contributed by atoms with van der Waals surface area (Å²) in [6.45, 7) is 4.34. The third kappa shape index (κ3) is 3.60. The molecule has 2 aromatic rings. The van der Waals surface area contributed by atoms with Crippen LogP contribution >= 0.6 is 23.1 Å². The maximum Gasteiger partial charge on any atom is 0.180 e. The Balaban J connectivity index is 2.24. The van der Waals surface area contributed by atoms with E-state index in [0.29, 0.717) is 10.9 Å². The highest BCUT2D eigenvalue weighted by molar-refractivity contribution is 8.01. The Kier molecular flexibility index (Phi) is 4.65. The van der Waals surface area contributed by atoms with Crippen LogP contribution in [-0.4, -0.2) is 21.7 Å². The maximum atomic E-state index is 13.7. The molecule has 0 aromatic carbocycles. The number of aryl methyl sites for hydroxylation is 1. The van der Waals surface area contributed by atoms with Gasteiger partial charge in [0.1, 0.15) is 10.0 Å². The van der Waals surface area contributed by atoms with E-state index in [0.717, 1.165) is 29.3 Å². The van der Waals surface area contributed by atoms with E-state index in [1.807, 2.05) is 13.8 Å². The largest absolute Gasteiger partial charge is 0.368 e. The molecule has 4 nitrogen and oxygen atoms in total. The number of hydrogen-bond donors (Lipinski definition) is 1. The highest BCUT2D eigenvalue weighted by Crippen LogP contribution is 2.31. The lowest BCUT2D eigenvalue weighted by atomic mass is 10.4. The average molecular weight is 302 g/mol. The molecule has 0 aliphatic carbocycles. The van der Waals surface area contributed by atoms with Crippen molar-refractivity contribution in [1.82, 2.24) is 15.2 Å². The normalized spacial score (nSPS) is 10.7. The zero-order valence-electron chi connectivity index (χ0n) is 10.4. The van der Waals surface area contributed by atoms with Crippen molar-refractivity contribution in [3.05, 3.63) is 22.7 Å². The van der Waals surface area contributed by atoms with Gasteiger partial charge in [0.2, 0.25) is 0 Å². The summed E-state index contributed by atoms with van der Waals surface area (Å²) < 4.78 is 27.7. The molecule has 0 atom stereocenters. The van der Waals surface area contributed by atoms with E-state index in [4.69, 9.17) is 0 Å². The van der Waals surface area contributed by atoms with Crippen molar-refractivity contribution < 1.29 is 8.78 Å². The highest BCUT2D eigenvalue weighted by Gasteiger charge is 2.14. The fourth-order valence-electron chi connectivity index (χ4n) is 1.29. The fourth-order valence-corrected chi connectivity index (χ4v) is 3.01. The number of hydrogen-bond acceptors (Lipinski definition) is 6. The molecule has 2 heterocycles. The number of rotatable bonds is 5. The van der Waals surface area contributed by atoms with Crippen LogP contribution in [0.1, 0.15) is 18.4 Å². The fraction of sp³-hybridized carbons (Fsp3) is 0.364. The van der Waals surface area contributed by atoms with E-state index in [1.54, 1.807) is 0 Å². The molecule has 0 unspecified atom stereocenters. The Morgan fingerprint density at radius 2 is 2.11 bits per heavy atom. The number of halogens is 2. The molecule has 0 amide bonds. The average Bonchev–Trinajstić information content (AvgIpc) is 2.77. The van der Waals surface area contributed by atoms with E-state index in [1.165, 1.54) is 11.3 Å². The minimum absolute atomic E-state index is 0.0620. The SMILES string of the molecule is CCCNc1nc(Sc2nnc(C)s2)c(F)cc1F. The Bertz CT molecular complexity index is 574. The molecule has 0 aliphatic rings. The first-order valence-electron chi connectivity index (χ1n) is 5.68. The summed E-state index contributed by atoms with van der Waals surface area (Å²) in [6.07, 6.45) is 0.830. The predicted octanol–water partition coefficient (Wildman–Crippen LogP) is 3.49. The summed E-state index contributed by atoms with van der Waals surface area (Å²) in [5.74, 6) is -1.33. The molecule has 0 spiro atoms. The first-order chi connectivity index (χ1) is 9.10. The lowest BCUT2D eigenvalue weighted by molar-refractivity contribution is 0.551. The minimum atomic E-state index is -0.697. The van der Waals surface area contributed by atoms with Gasteiger partial charge >= 0.3 is 0 Å². The molecule has 1 N–H and O–H groups in total. The zero-order chi connectivity index (χ0) is 13.8. The molecule has 102 valence electrons. The smallest absolute Gasteiger partial charge is 0.180 e. The Hall–Kier alpha value is -1.28. The van der Waals surface area contributed by atoms with Crippen LogP contribution < -0.4 is 5.32 Å². The van der Waals surface area contributed by atoms with Crippen LogP contribution in [0.15, 0.2) is 15.4 Å². The van der Waals surface area contributed by atoms with Crippen LogP contribution in [0.25, 0.3) is 0 Å². The van der Waals surface area contributed by atoms with Gasteiger partial charge in [0.15, 0.2) is 21.8 Å². The molecule has 0 radical (unpaired) electrons. The highest BCUT2D eigenvalue weighted by atomic mass is 32.2. The van der Waals surface area contributed by atoms with Gasteiger partial charge in [-0.2, -0.15) is 0 Å². The lowest BCUT2D eigenvalue weighted by Crippen LogP contribution is -2.06. The number of nitrogens with zero attached hydrogens (tertiary/aromatic N) is 3. The lowest BCUT2D eigenvalue weighted by Gasteiger charge is -2.07. The molecular formula is C11H12F2N4S2. The zero-order valence-corrected chi connectivity index (χ0v) is 12.0. The predicted molar refractivity (Wildman–Crippen MR) is 71.7 cm³/mol. The molecule has 8 heteroatoms. The van der Waals surface area contributed by atoms with E-state index in [2.05, 4.69) is 20.5 Å². The Labute approximate surface area is 117 Å². The van der Waals surface area contributed by atoms with Crippen LogP contribution in [0.4, 0.5) is 14.6 Å². The van der Waals surface area contributed by atoms with Gasteiger partial charge in [0, 0.05) is 12.6 Å². The van der Waals surface area contributed by atoms with Crippen molar-refractivity contribution in [2.24, 2.45) is 0 Å². The first-order valence-corrected chi connectivity index (χ1v) is 7.31. The molecule has 2 aromatic heterocycles. The van der Waals surface area contributed by atoms with Crippen molar-refractivity contribution in [2.75, 3.05) is 11.9 Å². The van der Waals surface area contributed by atoms with Crippen molar-refractivity contribution in [3.8, 4) is 0 Å². The molecule has 0 saturated heterocycles. The quantitative estimate of drug-likeness (QED) is 0.916. The van der Waals surface area contributed by atoms with Crippen LogP contribution in [-0.2, 0) is 0 Å². The Morgan fingerprint density at radius 1 is 1.32 bits per heavy atom. The number of pyridine rings is 1. The third-order valence-electron chi connectivity index (χ3n) is 2.13. The molecule has 0 aliphatic heterocycles. The van der Waals surface area contributed by atoms with Crippen molar-refractivity contribution in [2.45, 2.75) is 29.6 Å². The molecule has 0 bridgehead atoms. The second-order valence-corrected chi connectivity index (χ2v) is 6.14. The standard InChI is InChI=1S/C11H12F2N4S2/c1-3-4-14-9-7(12)5-8(13)10(15-9)19-11-17-16-6(2)18-11/h5H,3-4H2,1-2H3,(H,14,15). The number of aromatic nitrogens is 3. The number of anilines is 1. The van der Waals surface area contributed by atoms with Gasteiger partial charge in [-0.25, -0.2) is 13.8 Å². The first kappa shape index (κ1) is 14.1. The third-order valence-corrected chi connectivity index (χ3v) is 4.00. The van der Waals surface area contributed by atoms with Crippen molar-refractivity contribution >= 4 is 28.9 Å². The van der Waals surface area contributed by atoms with Gasteiger partial charge < -0.3 is 5.32 Å². The number of nitrogens with one attached hydrogen (secondary N) is 1. The second-order valence-electron chi connectivity index (χ2n) is 3.72. The minimum Gasteiger partial charge on any atom is -0.368 e. The van der Waals surface area contributed by atoms with Crippen LogP contribution in [0, 0.1) is 18.6 Å². The summed E-state index contributed by atoms with van der Waals surface area (Å²) in [5, 5.41) is 11.4. The molecule has 0 fully saturated rings. The maximum absolute atomic E-state index is 13.7. The summed E-state index contributed by atoms with van der Waals surface area (Å²) in [7, 11) is 0. The molecule has 2 rings (SSSR count). The molecular weight excluding hydrogens is 290 g/mol. The summed E-state index contributed by atoms with van der Waals surface area (Å²) in [4.78, 5) is 3.95. The Morgan fingerprint density at radius 3 is 2.74 bits per heavy atom. The van der Waals surface area contributed by atoms with Crippen molar-refractivity contribution in [3.63, 3.8) is 0 Å². The van der Waals surface area contributed by atoms with E-state index in [-0.39, 0.29) is 10.8 Å². The second kappa shape index (κ2) is 6.25. The van der Waals surface area contributed by atoms with Gasteiger partial charge in [-0.15, -0.1) is 10.2 Å². The summed E-state index contributed by atoms with van der Waals surface area (Å²) in [5.41, 5.74) is 0. The van der Waals surface area contributed by atoms with Gasteiger partial charge in [-0.3, -0.25) is 0 Å². The molecule has 0 saturated carbocycles. The van der Waals surface area contributed by atoms with E-state index in [9.17, 15) is 8.78 Å². The van der Waals surface area contributed by atoms with Gasteiger partial charge in [-0.05, 0) is 25.1 Å². The van der Waals surface area contributed by atoms with Crippen LogP contribution in [0.2, 0.25) is 0 Å². The van der Waals surface area contributed by atoms with Gasteiger partial charge in [0.05, 0.1) is 0 Å². The van der Waals surface area contributed by atoms with Crippen molar-refractivity contribution in [1.29, 1.82) is 0 Å².